The van der Waals surface area contributed by atoms with Crippen molar-refractivity contribution in [1.29, 1.82) is 0 Å². The van der Waals surface area contributed by atoms with E-state index in [1.54, 1.807) is 0 Å². The van der Waals surface area contributed by atoms with Crippen LogP contribution in [0.5, 0.6) is 0 Å². The Labute approximate surface area is 117 Å². The van der Waals surface area contributed by atoms with Crippen LogP contribution >= 0.6 is 0 Å². The van der Waals surface area contributed by atoms with Gasteiger partial charge in [-0.1, -0.05) is 0 Å². The summed E-state index contributed by atoms with van der Waals surface area (Å²) in [6.07, 6.45) is 7.96. The zero-order valence-electron chi connectivity index (χ0n) is 11.5. The highest BCUT2D eigenvalue weighted by molar-refractivity contribution is 5.36. The van der Waals surface area contributed by atoms with Gasteiger partial charge in [0.2, 0.25) is 5.95 Å². The van der Waals surface area contributed by atoms with Crippen LogP contribution in [0, 0.1) is 17.8 Å². The van der Waals surface area contributed by atoms with Crippen LogP contribution in [0.1, 0.15) is 38.5 Å². The third-order valence-electron chi connectivity index (χ3n) is 5.25. The lowest BCUT2D eigenvalue weighted by Crippen LogP contribution is -2.59. The minimum atomic E-state index is -0.229. The van der Waals surface area contributed by atoms with E-state index in [1.807, 2.05) is 0 Å². The van der Waals surface area contributed by atoms with Gasteiger partial charge in [-0.3, -0.25) is 9.78 Å². The maximum Gasteiger partial charge on any atom is 0.254 e. The quantitative estimate of drug-likeness (QED) is 0.622. The van der Waals surface area contributed by atoms with Crippen molar-refractivity contribution < 1.29 is 0 Å². The van der Waals surface area contributed by atoms with Crippen molar-refractivity contribution in [3.63, 3.8) is 0 Å². The summed E-state index contributed by atoms with van der Waals surface area (Å²) in [6, 6.07) is 1.43. The van der Waals surface area contributed by atoms with Gasteiger partial charge in [0.15, 0.2) is 0 Å². The lowest BCUT2D eigenvalue weighted by atomic mass is 9.53. The van der Waals surface area contributed by atoms with Gasteiger partial charge in [-0.15, -0.1) is 0 Å². The van der Waals surface area contributed by atoms with Crippen LogP contribution in [-0.2, 0) is 0 Å². The number of aromatic nitrogens is 2. The molecule has 0 atom stereocenters. The molecule has 6 nitrogen and oxygen atoms in total. The molecule has 108 valence electrons. The number of hydrogen-bond acceptors (Lipinski definition) is 5. The number of rotatable bonds is 3. The lowest BCUT2D eigenvalue weighted by molar-refractivity contribution is -0.0160. The van der Waals surface area contributed by atoms with Crippen molar-refractivity contribution in [1.82, 2.24) is 15.4 Å². The summed E-state index contributed by atoms with van der Waals surface area (Å²) >= 11 is 0. The highest BCUT2D eigenvalue weighted by atomic mass is 16.1. The minimum Gasteiger partial charge on any atom is -0.369 e. The second-order valence-corrected chi connectivity index (χ2v) is 6.96. The molecule has 0 aromatic carbocycles. The van der Waals surface area contributed by atoms with E-state index in [1.165, 1.54) is 44.6 Å². The predicted molar refractivity (Wildman–Crippen MR) is 76.9 cm³/mol. The minimum absolute atomic E-state index is 0.146. The van der Waals surface area contributed by atoms with Crippen LogP contribution in [0.15, 0.2) is 10.9 Å². The van der Waals surface area contributed by atoms with Crippen molar-refractivity contribution >= 4 is 11.8 Å². The molecule has 1 aromatic rings. The third kappa shape index (κ3) is 2.08. The van der Waals surface area contributed by atoms with Gasteiger partial charge in [0.1, 0.15) is 5.82 Å². The zero-order valence-corrected chi connectivity index (χ0v) is 11.5. The number of anilines is 2. The SMILES string of the molecule is Nc1nc(NNC23CC4CC(CC(C4)C2)C3)cc(=O)[nH]1. The molecule has 0 unspecified atom stereocenters. The summed E-state index contributed by atoms with van der Waals surface area (Å²) in [5.41, 5.74) is 12.1. The molecule has 5 N–H and O–H groups in total. The van der Waals surface area contributed by atoms with E-state index in [-0.39, 0.29) is 17.0 Å². The standard InChI is InChI=1S/C14H21N5O/c15-13-16-11(4-12(20)17-13)18-19-14-5-8-1-9(6-14)3-10(2-8)7-14/h4,8-10,19H,1-3,5-7H2,(H4,15,16,17,18,20). The molecule has 4 aliphatic rings. The van der Waals surface area contributed by atoms with Crippen LogP contribution in [-0.4, -0.2) is 15.5 Å². The van der Waals surface area contributed by atoms with Gasteiger partial charge >= 0.3 is 0 Å². The second kappa shape index (κ2) is 4.22. The molecule has 1 aromatic heterocycles. The van der Waals surface area contributed by atoms with Crippen molar-refractivity contribution in [3.8, 4) is 0 Å². The van der Waals surface area contributed by atoms with Gasteiger partial charge in [-0.2, -0.15) is 4.98 Å². The van der Waals surface area contributed by atoms with Crippen molar-refractivity contribution in [2.24, 2.45) is 17.8 Å². The molecule has 20 heavy (non-hydrogen) atoms. The monoisotopic (exact) mass is 275 g/mol. The molecule has 4 bridgehead atoms. The second-order valence-electron chi connectivity index (χ2n) is 6.96. The predicted octanol–water partition coefficient (Wildman–Crippen LogP) is 1.24. The van der Waals surface area contributed by atoms with Gasteiger partial charge in [0.25, 0.3) is 5.56 Å². The zero-order chi connectivity index (χ0) is 13.7. The van der Waals surface area contributed by atoms with E-state index in [0.29, 0.717) is 5.82 Å². The molecule has 4 saturated carbocycles. The number of nitrogens with zero attached hydrogens (tertiary/aromatic N) is 1. The molecular formula is C14H21N5O. The van der Waals surface area contributed by atoms with Crippen LogP contribution in [0.4, 0.5) is 11.8 Å². The van der Waals surface area contributed by atoms with E-state index < -0.39 is 0 Å². The summed E-state index contributed by atoms with van der Waals surface area (Å²) in [5.74, 6) is 3.29. The molecule has 0 saturated heterocycles. The smallest absolute Gasteiger partial charge is 0.254 e. The normalized spacial score (nSPS) is 38.1. The lowest BCUT2D eigenvalue weighted by Gasteiger charge is -2.56. The first kappa shape index (κ1) is 12.2. The summed E-state index contributed by atoms with van der Waals surface area (Å²) in [7, 11) is 0. The fourth-order valence-corrected chi connectivity index (χ4v) is 5.00. The molecule has 0 aliphatic heterocycles. The Morgan fingerprint density at radius 1 is 1.20 bits per heavy atom. The summed E-state index contributed by atoms with van der Waals surface area (Å²) < 4.78 is 0. The number of nitrogen functional groups attached to an aromatic ring is 1. The maximum atomic E-state index is 11.4. The van der Waals surface area contributed by atoms with Crippen molar-refractivity contribution in [2.75, 3.05) is 11.2 Å². The highest BCUT2D eigenvalue weighted by Crippen LogP contribution is 2.55. The fourth-order valence-electron chi connectivity index (χ4n) is 5.00. The Morgan fingerprint density at radius 3 is 2.35 bits per heavy atom. The third-order valence-corrected chi connectivity index (χ3v) is 5.25. The molecule has 0 amide bonds. The topological polar surface area (TPSA) is 95.8 Å². The van der Waals surface area contributed by atoms with E-state index in [9.17, 15) is 4.79 Å². The number of nitrogens with one attached hydrogen (secondary N) is 3. The maximum absolute atomic E-state index is 11.4. The number of nitrogens with two attached hydrogens (primary N) is 1. The Kier molecular flexibility index (Phi) is 2.57. The number of hydrazine groups is 1. The molecule has 6 heteroatoms. The summed E-state index contributed by atoms with van der Waals surface area (Å²) in [4.78, 5) is 17.9. The first-order chi connectivity index (χ1) is 9.60. The van der Waals surface area contributed by atoms with E-state index in [2.05, 4.69) is 20.8 Å². The average molecular weight is 275 g/mol. The molecule has 1 heterocycles. The Balaban J connectivity index is 1.50. The highest BCUT2D eigenvalue weighted by Gasteiger charge is 2.50. The summed E-state index contributed by atoms with van der Waals surface area (Å²) in [5, 5.41) is 0. The molecule has 0 spiro atoms. The first-order valence-electron chi connectivity index (χ1n) is 7.50. The molecular weight excluding hydrogens is 254 g/mol. The molecule has 4 fully saturated rings. The first-order valence-corrected chi connectivity index (χ1v) is 7.50. The van der Waals surface area contributed by atoms with E-state index >= 15 is 0 Å². The van der Waals surface area contributed by atoms with Crippen molar-refractivity contribution in [2.45, 2.75) is 44.1 Å². The Morgan fingerprint density at radius 2 is 1.80 bits per heavy atom. The Bertz CT molecular complexity index is 546. The van der Waals surface area contributed by atoms with Crippen LogP contribution < -0.4 is 22.1 Å². The number of H-pyrrole nitrogens is 1. The van der Waals surface area contributed by atoms with Gasteiger partial charge in [0, 0.05) is 11.6 Å². The van der Waals surface area contributed by atoms with Gasteiger partial charge in [-0.05, 0) is 56.3 Å². The van der Waals surface area contributed by atoms with E-state index in [4.69, 9.17) is 5.73 Å². The number of aromatic amines is 1. The molecule has 0 radical (unpaired) electrons. The van der Waals surface area contributed by atoms with Gasteiger partial charge in [0.05, 0.1) is 0 Å². The number of hydrogen-bond donors (Lipinski definition) is 4. The van der Waals surface area contributed by atoms with Crippen LogP contribution in [0.25, 0.3) is 0 Å². The van der Waals surface area contributed by atoms with Crippen molar-refractivity contribution in [3.05, 3.63) is 16.4 Å². The fraction of sp³-hybridized carbons (Fsp3) is 0.714. The largest absolute Gasteiger partial charge is 0.369 e. The summed E-state index contributed by atoms with van der Waals surface area (Å²) in [6.45, 7) is 0. The van der Waals surface area contributed by atoms with E-state index in [0.717, 1.165) is 17.8 Å². The average Bonchev–Trinajstić information content (AvgIpc) is 2.34. The molecule has 5 rings (SSSR count). The van der Waals surface area contributed by atoms with Crippen LogP contribution in [0.2, 0.25) is 0 Å². The Hall–Kier alpha value is -1.56. The van der Waals surface area contributed by atoms with Gasteiger partial charge in [-0.25, -0.2) is 5.43 Å². The van der Waals surface area contributed by atoms with Gasteiger partial charge < -0.3 is 11.2 Å². The van der Waals surface area contributed by atoms with Crippen LogP contribution in [0.3, 0.4) is 0 Å². The molecule has 4 aliphatic carbocycles.